The molecule has 0 bridgehead atoms. The number of nitrogens with two attached hydrogens (primary N) is 1. The highest BCUT2D eigenvalue weighted by Crippen LogP contribution is 2.08. The topological polar surface area (TPSA) is 60.1 Å². The van der Waals surface area contributed by atoms with Gasteiger partial charge in [0.15, 0.2) is 0 Å². The lowest BCUT2D eigenvalue weighted by Crippen LogP contribution is -2.26. The molecule has 0 saturated carbocycles. The summed E-state index contributed by atoms with van der Waals surface area (Å²) in [5.41, 5.74) is 6.82. The third kappa shape index (κ3) is 3.31. The normalized spacial score (nSPS) is 10.7. The molecule has 15 heavy (non-hydrogen) atoms. The van der Waals surface area contributed by atoms with Crippen LogP contribution in [0, 0.1) is 5.92 Å². The van der Waals surface area contributed by atoms with Crippen molar-refractivity contribution in [2.75, 3.05) is 12.3 Å². The maximum atomic E-state index is 11.7. The Kier molecular flexibility index (Phi) is 3.77. The average Bonchev–Trinajstić information content (AvgIpc) is 2.44. The molecule has 0 aromatic carbocycles. The summed E-state index contributed by atoms with van der Waals surface area (Å²) in [6.45, 7) is 4.97. The summed E-state index contributed by atoms with van der Waals surface area (Å²) in [5.74, 6) is 0.540. The van der Waals surface area contributed by atoms with Crippen LogP contribution in [-0.2, 0) is 7.05 Å². The minimum Gasteiger partial charge on any atom is -0.397 e. The van der Waals surface area contributed by atoms with Crippen molar-refractivity contribution in [3.8, 4) is 0 Å². The van der Waals surface area contributed by atoms with Crippen LogP contribution in [0.3, 0.4) is 0 Å². The molecule has 0 spiro atoms. The van der Waals surface area contributed by atoms with Gasteiger partial charge in [-0.3, -0.25) is 4.79 Å². The molecule has 0 aliphatic rings. The Morgan fingerprint density at radius 3 is 2.73 bits per heavy atom. The quantitative estimate of drug-likeness (QED) is 0.787. The predicted molar refractivity (Wildman–Crippen MR) is 61.6 cm³/mol. The number of aromatic nitrogens is 1. The van der Waals surface area contributed by atoms with E-state index in [0.29, 0.717) is 23.8 Å². The minimum atomic E-state index is -0.0603. The van der Waals surface area contributed by atoms with E-state index in [4.69, 9.17) is 5.73 Å². The highest BCUT2D eigenvalue weighted by atomic mass is 16.1. The number of carbonyl (C=O) groups excluding carboxylic acids is 1. The molecular formula is C11H19N3O. The molecular weight excluding hydrogens is 190 g/mol. The van der Waals surface area contributed by atoms with E-state index in [-0.39, 0.29) is 5.91 Å². The molecule has 0 saturated heterocycles. The molecule has 1 aromatic heterocycles. The van der Waals surface area contributed by atoms with Crippen molar-refractivity contribution in [2.45, 2.75) is 20.3 Å². The fraction of sp³-hybridized carbons (Fsp3) is 0.545. The Hall–Kier alpha value is -1.45. The standard InChI is InChI=1S/C11H19N3O/c1-8(2)4-5-13-11(15)10-6-9(12)7-14(10)3/h6-8H,4-5,12H2,1-3H3,(H,13,15). The summed E-state index contributed by atoms with van der Waals surface area (Å²) in [4.78, 5) is 11.7. The van der Waals surface area contributed by atoms with Crippen LogP contribution in [0.1, 0.15) is 30.8 Å². The molecule has 84 valence electrons. The smallest absolute Gasteiger partial charge is 0.267 e. The molecule has 4 heteroatoms. The monoisotopic (exact) mass is 209 g/mol. The number of carbonyl (C=O) groups is 1. The highest BCUT2D eigenvalue weighted by molar-refractivity contribution is 5.93. The van der Waals surface area contributed by atoms with Gasteiger partial charge >= 0.3 is 0 Å². The third-order valence-corrected chi connectivity index (χ3v) is 2.27. The van der Waals surface area contributed by atoms with Crippen LogP contribution in [0.5, 0.6) is 0 Å². The van der Waals surface area contributed by atoms with Crippen LogP contribution >= 0.6 is 0 Å². The van der Waals surface area contributed by atoms with Crippen molar-refractivity contribution < 1.29 is 4.79 Å². The Labute approximate surface area is 90.5 Å². The Bertz CT molecular complexity index is 342. The second kappa shape index (κ2) is 4.87. The van der Waals surface area contributed by atoms with Gasteiger partial charge in [0.2, 0.25) is 0 Å². The van der Waals surface area contributed by atoms with E-state index in [0.717, 1.165) is 6.42 Å². The van der Waals surface area contributed by atoms with Crippen LogP contribution in [0.4, 0.5) is 5.69 Å². The SMILES string of the molecule is CC(C)CCNC(=O)c1cc(N)cn1C. The summed E-state index contributed by atoms with van der Waals surface area (Å²) in [6.07, 6.45) is 2.73. The fourth-order valence-corrected chi connectivity index (χ4v) is 1.38. The van der Waals surface area contributed by atoms with Crippen LogP contribution in [0.2, 0.25) is 0 Å². The van der Waals surface area contributed by atoms with Crippen LogP contribution in [0.15, 0.2) is 12.3 Å². The number of aryl methyl sites for hydroxylation is 1. The summed E-state index contributed by atoms with van der Waals surface area (Å²) >= 11 is 0. The van der Waals surface area contributed by atoms with Crippen molar-refractivity contribution in [2.24, 2.45) is 13.0 Å². The molecule has 1 heterocycles. The van der Waals surface area contributed by atoms with E-state index >= 15 is 0 Å². The first-order valence-corrected chi connectivity index (χ1v) is 5.20. The number of rotatable bonds is 4. The molecule has 0 atom stereocenters. The van der Waals surface area contributed by atoms with E-state index in [1.54, 1.807) is 16.8 Å². The van der Waals surface area contributed by atoms with Crippen molar-refractivity contribution in [3.05, 3.63) is 18.0 Å². The summed E-state index contributed by atoms with van der Waals surface area (Å²) in [6, 6.07) is 1.69. The average molecular weight is 209 g/mol. The van der Waals surface area contributed by atoms with Gasteiger partial charge in [0, 0.05) is 19.8 Å². The Morgan fingerprint density at radius 2 is 2.27 bits per heavy atom. The molecule has 0 radical (unpaired) electrons. The van der Waals surface area contributed by atoms with E-state index in [1.165, 1.54) is 0 Å². The van der Waals surface area contributed by atoms with E-state index in [1.807, 2.05) is 7.05 Å². The largest absolute Gasteiger partial charge is 0.397 e. The van der Waals surface area contributed by atoms with Crippen LogP contribution in [-0.4, -0.2) is 17.0 Å². The Balaban J connectivity index is 2.50. The zero-order valence-corrected chi connectivity index (χ0v) is 9.58. The first-order chi connectivity index (χ1) is 7.00. The first-order valence-electron chi connectivity index (χ1n) is 5.20. The molecule has 0 fully saturated rings. The van der Waals surface area contributed by atoms with Gasteiger partial charge in [0.05, 0.1) is 5.69 Å². The van der Waals surface area contributed by atoms with Crippen LogP contribution in [0.25, 0.3) is 0 Å². The third-order valence-electron chi connectivity index (χ3n) is 2.27. The van der Waals surface area contributed by atoms with Gasteiger partial charge in [-0.15, -0.1) is 0 Å². The fourth-order valence-electron chi connectivity index (χ4n) is 1.38. The zero-order valence-electron chi connectivity index (χ0n) is 9.58. The van der Waals surface area contributed by atoms with Gasteiger partial charge in [-0.25, -0.2) is 0 Å². The van der Waals surface area contributed by atoms with Gasteiger partial charge in [-0.1, -0.05) is 13.8 Å². The molecule has 0 aliphatic carbocycles. The lowest BCUT2D eigenvalue weighted by molar-refractivity contribution is 0.0944. The number of nitrogens with one attached hydrogen (secondary N) is 1. The number of hydrogen-bond donors (Lipinski definition) is 2. The molecule has 1 amide bonds. The first kappa shape index (κ1) is 11.6. The van der Waals surface area contributed by atoms with Crippen molar-refractivity contribution in [1.82, 2.24) is 9.88 Å². The highest BCUT2D eigenvalue weighted by Gasteiger charge is 2.09. The van der Waals surface area contributed by atoms with Crippen molar-refractivity contribution in [1.29, 1.82) is 0 Å². The minimum absolute atomic E-state index is 0.0603. The molecule has 1 rings (SSSR count). The lowest BCUT2D eigenvalue weighted by atomic mass is 10.1. The van der Waals surface area contributed by atoms with Crippen molar-refractivity contribution in [3.63, 3.8) is 0 Å². The number of hydrogen-bond acceptors (Lipinski definition) is 2. The summed E-state index contributed by atoms with van der Waals surface area (Å²) < 4.78 is 1.74. The summed E-state index contributed by atoms with van der Waals surface area (Å²) in [7, 11) is 1.81. The maximum Gasteiger partial charge on any atom is 0.267 e. The van der Waals surface area contributed by atoms with Gasteiger partial charge in [0.1, 0.15) is 5.69 Å². The second-order valence-electron chi connectivity index (χ2n) is 4.21. The number of nitrogen functional groups attached to an aromatic ring is 1. The predicted octanol–water partition coefficient (Wildman–Crippen LogP) is 1.38. The van der Waals surface area contributed by atoms with Gasteiger partial charge in [-0.05, 0) is 18.4 Å². The lowest BCUT2D eigenvalue weighted by Gasteiger charge is -2.07. The maximum absolute atomic E-state index is 11.7. The second-order valence-corrected chi connectivity index (χ2v) is 4.21. The Morgan fingerprint density at radius 1 is 1.60 bits per heavy atom. The zero-order chi connectivity index (χ0) is 11.4. The van der Waals surface area contributed by atoms with E-state index in [2.05, 4.69) is 19.2 Å². The number of nitrogens with zero attached hydrogens (tertiary/aromatic N) is 1. The molecule has 4 nitrogen and oxygen atoms in total. The van der Waals surface area contributed by atoms with Gasteiger partial charge in [0.25, 0.3) is 5.91 Å². The number of anilines is 1. The number of amides is 1. The molecule has 1 aromatic rings. The molecule has 3 N–H and O–H groups in total. The van der Waals surface area contributed by atoms with Gasteiger partial charge < -0.3 is 15.6 Å². The van der Waals surface area contributed by atoms with Crippen molar-refractivity contribution >= 4 is 11.6 Å². The van der Waals surface area contributed by atoms with Crippen LogP contribution < -0.4 is 11.1 Å². The van der Waals surface area contributed by atoms with E-state index < -0.39 is 0 Å². The summed E-state index contributed by atoms with van der Waals surface area (Å²) in [5, 5.41) is 2.87. The molecule has 0 aliphatic heterocycles. The van der Waals surface area contributed by atoms with Gasteiger partial charge in [-0.2, -0.15) is 0 Å². The van der Waals surface area contributed by atoms with E-state index in [9.17, 15) is 4.79 Å². The molecule has 0 unspecified atom stereocenters.